The number of aliphatic hydroxyl groups excluding tert-OH is 1. The third-order valence-corrected chi connectivity index (χ3v) is 4.51. The van der Waals surface area contributed by atoms with Crippen LogP contribution in [0.4, 0.5) is 0 Å². The Morgan fingerprint density at radius 1 is 1.08 bits per heavy atom. The smallest absolute Gasteiger partial charge is 0.303 e. The number of carboxylic acid groups (broad SMARTS) is 1. The summed E-state index contributed by atoms with van der Waals surface area (Å²) in [5, 5.41) is 18.6. The summed E-state index contributed by atoms with van der Waals surface area (Å²) in [5.74, 6) is -0.780. The maximum Gasteiger partial charge on any atom is 0.303 e. The Balaban J connectivity index is 2.10. The van der Waals surface area contributed by atoms with Crippen molar-refractivity contribution in [3.8, 4) is 0 Å². The highest BCUT2D eigenvalue weighted by atomic mass is 16.4. The minimum atomic E-state index is -0.840. The second-order valence-corrected chi connectivity index (χ2v) is 6.71. The maximum atomic E-state index is 12.0. The van der Waals surface area contributed by atoms with Crippen LogP contribution in [0.3, 0.4) is 0 Å². The number of carboxylic acids is 1. The fraction of sp³-hybridized carbons (Fsp3) is 0.700. The number of aliphatic carboxylic acids is 1. The number of rotatable bonds is 14. The van der Waals surface area contributed by atoms with Crippen molar-refractivity contribution < 1.29 is 19.8 Å². The van der Waals surface area contributed by atoms with Gasteiger partial charge in [0, 0.05) is 12.3 Å². The fourth-order valence-electron chi connectivity index (χ4n) is 2.91. The van der Waals surface area contributed by atoms with E-state index in [4.69, 9.17) is 5.11 Å². The van der Waals surface area contributed by atoms with Gasteiger partial charge in [-0.1, -0.05) is 38.0 Å². The van der Waals surface area contributed by atoms with Crippen molar-refractivity contribution in [3.63, 3.8) is 0 Å². The van der Waals surface area contributed by atoms with Gasteiger partial charge in [0.2, 0.25) is 0 Å². The van der Waals surface area contributed by atoms with Gasteiger partial charge in [0.25, 0.3) is 0 Å². The molecule has 0 radical (unpaired) electrons. The number of allylic oxidation sites excluding steroid dienone is 4. The van der Waals surface area contributed by atoms with Gasteiger partial charge in [0.05, 0.1) is 6.10 Å². The van der Waals surface area contributed by atoms with Crippen LogP contribution in [0.1, 0.15) is 71.1 Å². The minimum absolute atomic E-state index is 0.0226. The normalized spacial score (nSPS) is 21.4. The van der Waals surface area contributed by atoms with Crippen molar-refractivity contribution >= 4 is 11.8 Å². The highest BCUT2D eigenvalue weighted by molar-refractivity contribution is 5.93. The maximum absolute atomic E-state index is 12.0. The van der Waals surface area contributed by atoms with Crippen molar-refractivity contribution in [1.82, 2.24) is 0 Å². The van der Waals surface area contributed by atoms with E-state index in [1.807, 2.05) is 6.08 Å². The van der Waals surface area contributed by atoms with Gasteiger partial charge in [-0.3, -0.25) is 9.59 Å². The Hall–Kier alpha value is -1.42. The van der Waals surface area contributed by atoms with Crippen LogP contribution in [0.15, 0.2) is 24.3 Å². The van der Waals surface area contributed by atoms with Gasteiger partial charge in [-0.05, 0) is 56.9 Å². The molecule has 3 unspecified atom stereocenters. The quantitative estimate of drug-likeness (QED) is 0.282. The van der Waals surface area contributed by atoms with Gasteiger partial charge >= 0.3 is 5.97 Å². The average molecular weight is 336 g/mol. The lowest BCUT2D eigenvalue weighted by molar-refractivity contribution is -0.137. The SMILES string of the molecule is CCCCCC=CCCC=CC(=O)C1CC1C(O)CCCC(=O)O. The van der Waals surface area contributed by atoms with Gasteiger partial charge in [-0.15, -0.1) is 0 Å². The first-order valence-corrected chi connectivity index (χ1v) is 9.31. The molecule has 1 aliphatic carbocycles. The molecular formula is C20H32O4. The van der Waals surface area contributed by atoms with Crippen LogP contribution in [0.25, 0.3) is 0 Å². The van der Waals surface area contributed by atoms with E-state index < -0.39 is 12.1 Å². The van der Waals surface area contributed by atoms with E-state index in [2.05, 4.69) is 19.1 Å². The molecule has 3 atom stereocenters. The second-order valence-electron chi connectivity index (χ2n) is 6.71. The first-order chi connectivity index (χ1) is 11.6. The summed E-state index contributed by atoms with van der Waals surface area (Å²) in [7, 11) is 0. The molecule has 0 aromatic carbocycles. The number of ketones is 1. The molecule has 1 rings (SSSR count). The summed E-state index contributed by atoms with van der Waals surface area (Å²) in [4.78, 5) is 22.4. The van der Waals surface area contributed by atoms with E-state index in [-0.39, 0.29) is 24.0 Å². The summed E-state index contributed by atoms with van der Waals surface area (Å²) in [6.45, 7) is 2.20. The molecule has 0 aromatic rings. The molecule has 136 valence electrons. The van der Waals surface area contributed by atoms with E-state index in [0.29, 0.717) is 12.8 Å². The van der Waals surface area contributed by atoms with Gasteiger partial charge in [0.15, 0.2) is 5.78 Å². The zero-order valence-electron chi connectivity index (χ0n) is 14.8. The number of hydrogen-bond acceptors (Lipinski definition) is 3. The highest BCUT2D eigenvalue weighted by Crippen LogP contribution is 2.43. The second kappa shape index (κ2) is 12.0. The number of hydrogen-bond donors (Lipinski definition) is 2. The molecule has 0 spiro atoms. The summed E-state index contributed by atoms with van der Waals surface area (Å²) in [6, 6.07) is 0. The van der Waals surface area contributed by atoms with Crippen LogP contribution < -0.4 is 0 Å². The third-order valence-electron chi connectivity index (χ3n) is 4.51. The Morgan fingerprint density at radius 2 is 1.79 bits per heavy atom. The molecule has 1 fully saturated rings. The summed E-state index contributed by atoms with van der Waals surface area (Å²) < 4.78 is 0. The van der Waals surface area contributed by atoms with Crippen LogP contribution in [-0.2, 0) is 9.59 Å². The molecule has 0 aliphatic heterocycles. The van der Waals surface area contributed by atoms with Gasteiger partial charge in [-0.25, -0.2) is 0 Å². The van der Waals surface area contributed by atoms with Crippen LogP contribution in [0.2, 0.25) is 0 Å². The van der Waals surface area contributed by atoms with Gasteiger partial charge in [-0.2, -0.15) is 0 Å². The minimum Gasteiger partial charge on any atom is -0.481 e. The number of unbranched alkanes of at least 4 members (excludes halogenated alkanes) is 4. The first-order valence-electron chi connectivity index (χ1n) is 9.31. The lowest BCUT2D eigenvalue weighted by atomic mass is 10.0. The number of carbonyl (C=O) groups excluding carboxylic acids is 1. The molecule has 0 amide bonds. The molecule has 4 nitrogen and oxygen atoms in total. The highest BCUT2D eigenvalue weighted by Gasteiger charge is 2.45. The zero-order valence-corrected chi connectivity index (χ0v) is 14.8. The fourth-order valence-corrected chi connectivity index (χ4v) is 2.91. The molecule has 1 saturated carbocycles. The standard InChI is InChI=1S/C20H32O4/c1-2-3-4-5-6-7-8-9-10-12-18(21)16-15-17(16)19(22)13-11-14-20(23)24/h6-7,10,12,16-17,19,22H,2-5,8-9,11,13-15H2,1H3,(H,23,24). The monoisotopic (exact) mass is 336 g/mol. The number of aliphatic hydroxyl groups is 1. The van der Waals surface area contributed by atoms with Crippen LogP contribution in [0, 0.1) is 11.8 Å². The van der Waals surface area contributed by atoms with Crippen LogP contribution >= 0.6 is 0 Å². The molecule has 24 heavy (non-hydrogen) atoms. The zero-order chi connectivity index (χ0) is 17.8. The van der Waals surface area contributed by atoms with E-state index in [0.717, 1.165) is 25.7 Å². The van der Waals surface area contributed by atoms with Gasteiger partial charge < -0.3 is 10.2 Å². The van der Waals surface area contributed by atoms with E-state index in [1.54, 1.807) is 6.08 Å². The predicted molar refractivity (Wildman–Crippen MR) is 95.8 cm³/mol. The average Bonchev–Trinajstić information content (AvgIpc) is 3.33. The molecule has 2 N–H and O–H groups in total. The Morgan fingerprint density at radius 3 is 2.50 bits per heavy atom. The molecule has 0 heterocycles. The Labute approximate surface area is 145 Å². The third kappa shape index (κ3) is 9.02. The van der Waals surface area contributed by atoms with Crippen molar-refractivity contribution in [2.75, 3.05) is 0 Å². The number of carbonyl (C=O) groups is 2. The van der Waals surface area contributed by atoms with E-state index in [9.17, 15) is 14.7 Å². The van der Waals surface area contributed by atoms with Crippen LogP contribution in [0.5, 0.6) is 0 Å². The molecule has 0 bridgehead atoms. The van der Waals surface area contributed by atoms with Crippen molar-refractivity contribution in [2.45, 2.75) is 77.2 Å². The largest absolute Gasteiger partial charge is 0.481 e. The van der Waals surface area contributed by atoms with E-state index >= 15 is 0 Å². The lowest BCUT2D eigenvalue weighted by Gasteiger charge is -2.08. The first kappa shape index (κ1) is 20.6. The molecule has 0 aromatic heterocycles. The summed E-state index contributed by atoms with van der Waals surface area (Å²) >= 11 is 0. The Kier molecular flexibility index (Phi) is 10.3. The van der Waals surface area contributed by atoms with Crippen molar-refractivity contribution in [2.24, 2.45) is 11.8 Å². The summed E-state index contributed by atoms with van der Waals surface area (Å²) in [5.41, 5.74) is 0. The van der Waals surface area contributed by atoms with Crippen molar-refractivity contribution in [1.29, 1.82) is 0 Å². The molecule has 4 heteroatoms. The summed E-state index contributed by atoms with van der Waals surface area (Å²) in [6.07, 6.45) is 15.9. The topological polar surface area (TPSA) is 74.6 Å². The van der Waals surface area contributed by atoms with Gasteiger partial charge in [0.1, 0.15) is 0 Å². The predicted octanol–water partition coefficient (Wildman–Crippen LogP) is 4.28. The lowest BCUT2D eigenvalue weighted by Crippen LogP contribution is -2.13. The molecular weight excluding hydrogens is 304 g/mol. The molecule has 1 aliphatic rings. The van der Waals surface area contributed by atoms with Crippen molar-refractivity contribution in [3.05, 3.63) is 24.3 Å². The Bertz CT molecular complexity index is 439. The van der Waals surface area contributed by atoms with E-state index in [1.165, 1.54) is 19.3 Å². The van der Waals surface area contributed by atoms with Crippen LogP contribution in [-0.4, -0.2) is 28.1 Å². The molecule has 0 saturated heterocycles.